The molecule has 0 saturated carbocycles. The number of rotatable bonds is 9. The Morgan fingerprint density at radius 1 is 1.13 bits per heavy atom. The molecule has 0 atom stereocenters. The number of nitrogens with one attached hydrogen (secondary N) is 1. The van der Waals surface area contributed by atoms with Gasteiger partial charge in [0.1, 0.15) is 5.82 Å². The van der Waals surface area contributed by atoms with E-state index in [1.807, 2.05) is 35.5 Å². The fourth-order valence-electron chi connectivity index (χ4n) is 2.98. The van der Waals surface area contributed by atoms with Crippen LogP contribution in [-0.4, -0.2) is 26.4 Å². The van der Waals surface area contributed by atoms with E-state index in [4.69, 9.17) is 0 Å². The third-order valence-corrected chi connectivity index (χ3v) is 7.30. The van der Waals surface area contributed by atoms with Crippen molar-refractivity contribution < 1.29 is 4.79 Å². The largest absolute Gasteiger partial charge is 0.325 e. The lowest BCUT2D eigenvalue weighted by atomic mass is 10.0. The number of thioether (sulfide) groups is 2. The van der Waals surface area contributed by atoms with Crippen LogP contribution in [0.1, 0.15) is 42.3 Å². The Morgan fingerprint density at radius 2 is 1.87 bits per heavy atom. The average Bonchev–Trinajstić information content (AvgIpc) is 3.08. The van der Waals surface area contributed by atoms with Crippen LogP contribution >= 0.6 is 39.5 Å². The van der Waals surface area contributed by atoms with Gasteiger partial charge in [0, 0.05) is 23.0 Å². The zero-order valence-electron chi connectivity index (χ0n) is 18.2. The molecule has 31 heavy (non-hydrogen) atoms. The molecule has 0 radical (unpaired) electrons. The van der Waals surface area contributed by atoms with E-state index in [-0.39, 0.29) is 11.7 Å². The van der Waals surface area contributed by atoms with Crippen molar-refractivity contribution >= 4 is 51.0 Å². The first-order valence-electron chi connectivity index (χ1n) is 10.1. The SMILES string of the molecule is Cc1ccc(CSCc2nnc(SCC(=O)Nc3ccc(Br)cc3C(C)C)n2C)cc1. The highest BCUT2D eigenvalue weighted by atomic mass is 79.9. The first-order valence-corrected chi connectivity index (χ1v) is 13.0. The monoisotopic (exact) mass is 518 g/mol. The Morgan fingerprint density at radius 3 is 2.58 bits per heavy atom. The number of carbonyl (C=O) groups is 1. The number of aryl methyl sites for hydroxylation is 1. The number of amides is 1. The second kappa shape index (κ2) is 11.2. The summed E-state index contributed by atoms with van der Waals surface area (Å²) in [5, 5.41) is 12.4. The summed E-state index contributed by atoms with van der Waals surface area (Å²) in [5.41, 5.74) is 4.54. The summed E-state index contributed by atoms with van der Waals surface area (Å²) in [6.07, 6.45) is 0. The number of hydrogen-bond donors (Lipinski definition) is 1. The van der Waals surface area contributed by atoms with Crippen LogP contribution in [0.3, 0.4) is 0 Å². The topological polar surface area (TPSA) is 59.8 Å². The fraction of sp³-hybridized carbons (Fsp3) is 0.348. The van der Waals surface area contributed by atoms with Crippen LogP contribution in [0.15, 0.2) is 52.1 Å². The lowest BCUT2D eigenvalue weighted by Gasteiger charge is -2.14. The third kappa shape index (κ3) is 6.85. The molecule has 1 N–H and O–H groups in total. The van der Waals surface area contributed by atoms with Gasteiger partial charge in [-0.15, -0.1) is 22.0 Å². The summed E-state index contributed by atoms with van der Waals surface area (Å²) in [4.78, 5) is 12.5. The van der Waals surface area contributed by atoms with Gasteiger partial charge in [-0.05, 0) is 42.2 Å². The molecule has 1 aromatic heterocycles. The molecule has 0 fully saturated rings. The van der Waals surface area contributed by atoms with Gasteiger partial charge in [-0.3, -0.25) is 4.79 Å². The van der Waals surface area contributed by atoms with Crippen LogP contribution in [0.25, 0.3) is 0 Å². The molecule has 5 nitrogen and oxygen atoms in total. The molecule has 0 spiro atoms. The Labute approximate surface area is 200 Å². The van der Waals surface area contributed by atoms with Crippen LogP contribution in [0.4, 0.5) is 5.69 Å². The zero-order chi connectivity index (χ0) is 22.4. The molecule has 1 amide bonds. The molecule has 164 valence electrons. The Hall–Kier alpha value is -1.77. The smallest absolute Gasteiger partial charge is 0.234 e. The maximum absolute atomic E-state index is 12.5. The lowest BCUT2D eigenvalue weighted by molar-refractivity contribution is -0.113. The van der Waals surface area contributed by atoms with Gasteiger partial charge >= 0.3 is 0 Å². The van der Waals surface area contributed by atoms with Crippen molar-refractivity contribution in [3.63, 3.8) is 0 Å². The number of benzene rings is 2. The molecule has 8 heteroatoms. The van der Waals surface area contributed by atoms with Crippen molar-refractivity contribution in [2.45, 2.75) is 43.4 Å². The minimum absolute atomic E-state index is 0.0486. The van der Waals surface area contributed by atoms with E-state index in [0.717, 1.165) is 38.2 Å². The molecule has 2 aromatic carbocycles. The number of carbonyl (C=O) groups excluding carboxylic acids is 1. The zero-order valence-corrected chi connectivity index (χ0v) is 21.4. The second-order valence-electron chi connectivity index (χ2n) is 7.66. The van der Waals surface area contributed by atoms with Crippen LogP contribution < -0.4 is 5.32 Å². The molecular formula is C23H27BrN4OS2. The van der Waals surface area contributed by atoms with Crippen molar-refractivity contribution in [3.05, 3.63) is 69.5 Å². The number of nitrogens with zero attached hydrogens (tertiary/aromatic N) is 3. The number of halogens is 1. The Kier molecular flexibility index (Phi) is 8.63. The summed E-state index contributed by atoms with van der Waals surface area (Å²) in [6, 6.07) is 14.5. The highest BCUT2D eigenvalue weighted by Crippen LogP contribution is 2.28. The normalized spacial score (nSPS) is 11.2. The first-order chi connectivity index (χ1) is 14.8. The van der Waals surface area contributed by atoms with Gasteiger partial charge in [0.25, 0.3) is 0 Å². The van der Waals surface area contributed by atoms with Crippen LogP contribution in [0.2, 0.25) is 0 Å². The number of anilines is 1. The van der Waals surface area contributed by atoms with Gasteiger partial charge in [0.2, 0.25) is 5.91 Å². The minimum Gasteiger partial charge on any atom is -0.325 e. The van der Waals surface area contributed by atoms with Crippen molar-refractivity contribution in [1.82, 2.24) is 14.8 Å². The van der Waals surface area contributed by atoms with Crippen molar-refractivity contribution in [2.24, 2.45) is 7.05 Å². The molecule has 0 bridgehead atoms. The number of aromatic nitrogens is 3. The highest BCUT2D eigenvalue weighted by molar-refractivity contribution is 9.10. The number of hydrogen-bond acceptors (Lipinski definition) is 5. The molecule has 1 heterocycles. The van der Waals surface area contributed by atoms with Gasteiger partial charge in [-0.25, -0.2) is 0 Å². The van der Waals surface area contributed by atoms with Gasteiger partial charge in [0.05, 0.1) is 11.5 Å². The van der Waals surface area contributed by atoms with Gasteiger partial charge in [-0.1, -0.05) is 71.4 Å². The maximum atomic E-state index is 12.5. The quantitative estimate of drug-likeness (QED) is 0.343. The maximum Gasteiger partial charge on any atom is 0.234 e. The minimum atomic E-state index is -0.0486. The standard InChI is InChI=1S/C23H27BrN4OS2/c1-15(2)19-11-18(24)9-10-20(19)25-22(29)14-31-23-27-26-21(28(23)4)13-30-12-17-7-5-16(3)6-8-17/h5-11,15H,12-14H2,1-4H3,(H,25,29). The highest BCUT2D eigenvalue weighted by Gasteiger charge is 2.14. The summed E-state index contributed by atoms with van der Waals surface area (Å²) >= 11 is 6.71. The van der Waals surface area contributed by atoms with Gasteiger partial charge in [-0.2, -0.15) is 0 Å². The summed E-state index contributed by atoms with van der Waals surface area (Å²) in [7, 11) is 1.95. The lowest BCUT2D eigenvalue weighted by Crippen LogP contribution is -2.16. The fourth-order valence-corrected chi connectivity index (χ4v) is 5.06. The van der Waals surface area contributed by atoms with Crippen LogP contribution in [0.5, 0.6) is 0 Å². The molecule has 3 rings (SSSR count). The first kappa shape index (κ1) is 23.9. The van der Waals surface area contributed by atoms with Gasteiger partial charge < -0.3 is 9.88 Å². The molecule has 0 aliphatic rings. The summed E-state index contributed by atoms with van der Waals surface area (Å²) in [6.45, 7) is 6.33. The van der Waals surface area contributed by atoms with E-state index >= 15 is 0 Å². The summed E-state index contributed by atoms with van der Waals surface area (Å²) in [5.74, 6) is 3.18. The molecule has 0 aliphatic carbocycles. The average molecular weight is 520 g/mol. The summed E-state index contributed by atoms with van der Waals surface area (Å²) < 4.78 is 2.98. The van der Waals surface area contributed by atoms with E-state index in [1.54, 1.807) is 0 Å². The molecular weight excluding hydrogens is 492 g/mol. The van der Waals surface area contributed by atoms with Crippen LogP contribution in [0, 0.1) is 6.92 Å². The van der Waals surface area contributed by atoms with Gasteiger partial charge in [0.15, 0.2) is 5.16 Å². The van der Waals surface area contributed by atoms with E-state index in [0.29, 0.717) is 5.92 Å². The molecule has 0 aliphatic heterocycles. The second-order valence-corrected chi connectivity index (χ2v) is 10.5. The van der Waals surface area contributed by atoms with E-state index in [9.17, 15) is 4.79 Å². The third-order valence-electron chi connectivity index (χ3n) is 4.79. The Balaban J connectivity index is 1.51. The van der Waals surface area contributed by atoms with Crippen LogP contribution in [-0.2, 0) is 23.3 Å². The molecule has 0 saturated heterocycles. The van der Waals surface area contributed by atoms with Crippen molar-refractivity contribution in [1.29, 1.82) is 0 Å². The molecule has 0 unspecified atom stereocenters. The predicted octanol–water partition coefficient (Wildman–Crippen LogP) is 6.17. The van der Waals surface area contributed by atoms with Crippen molar-refractivity contribution in [3.8, 4) is 0 Å². The Bertz CT molecular complexity index is 1030. The van der Waals surface area contributed by atoms with E-state index < -0.39 is 0 Å². The molecule has 3 aromatic rings. The van der Waals surface area contributed by atoms with Crippen molar-refractivity contribution in [2.75, 3.05) is 11.1 Å². The van der Waals surface area contributed by atoms with E-state index in [2.05, 4.69) is 82.5 Å². The van der Waals surface area contributed by atoms with E-state index in [1.165, 1.54) is 22.9 Å². The predicted molar refractivity (Wildman–Crippen MR) is 135 cm³/mol.